The van der Waals surface area contributed by atoms with Crippen LogP contribution in [0.1, 0.15) is 12.0 Å². The molecule has 86 valence electrons. The lowest BCUT2D eigenvalue weighted by Crippen LogP contribution is -2.24. The van der Waals surface area contributed by atoms with E-state index in [1.807, 2.05) is 52.9 Å². The van der Waals surface area contributed by atoms with Gasteiger partial charge >= 0.3 is 5.97 Å². The molecule has 0 aromatic heterocycles. The van der Waals surface area contributed by atoms with Gasteiger partial charge in [0.05, 0.1) is 4.05 Å². The van der Waals surface area contributed by atoms with E-state index < -0.39 is 11.8 Å². The number of alkyl halides is 1. The fourth-order valence-electron chi connectivity index (χ4n) is 1.06. The smallest absolute Gasteiger partial charge is 0.375 e. The van der Waals surface area contributed by atoms with E-state index in [0.29, 0.717) is 0 Å². The number of hydrogen-bond acceptors (Lipinski definition) is 4. The van der Waals surface area contributed by atoms with Crippen molar-refractivity contribution < 1.29 is 14.3 Å². The van der Waals surface area contributed by atoms with Gasteiger partial charge < -0.3 is 10.5 Å². The number of carbonyl (C=O) groups is 2. The zero-order valence-electron chi connectivity index (χ0n) is 8.56. The average molecular weight is 333 g/mol. The number of ether oxygens (including phenoxy) is 1. The second-order valence-electron chi connectivity index (χ2n) is 3.21. The first-order valence-electron chi connectivity index (χ1n) is 4.73. The van der Waals surface area contributed by atoms with Crippen LogP contribution in [0.2, 0.25) is 0 Å². The summed E-state index contributed by atoms with van der Waals surface area (Å²) in [6.07, 6.45) is 0.00812. The van der Waals surface area contributed by atoms with Crippen LogP contribution in [0, 0.1) is 0 Å². The lowest BCUT2D eigenvalue weighted by atomic mass is 10.2. The lowest BCUT2D eigenvalue weighted by molar-refractivity contribution is -0.154. The molecule has 0 saturated carbocycles. The molecule has 16 heavy (non-hydrogen) atoms. The Balaban J connectivity index is 2.38. The van der Waals surface area contributed by atoms with Gasteiger partial charge in [0.15, 0.2) is 0 Å². The van der Waals surface area contributed by atoms with Crippen LogP contribution in [-0.2, 0) is 20.9 Å². The zero-order valence-corrected chi connectivity index (χ0v) is 10.7. The minimum atomic E-state index is -0.823. The van der Waals surface area contributed by atoms with Crippen LogP contribution in [0.25, 0.3) is 0 Å². The molecule has 0 fully saturated rings. The standard InChI is InChI=1S/C11H12INO3/c12-10(13)6-9(14)11(15)16-7-8-4-2-1-3-5-8/h1-5,10H,6-7,13H2/t10-/m0/s1. The van der Waals surface area contributed by atoms with Crippen molar-refractivity contribution in [3.05, 3.63) is 35.9 Å². The molecule has 0 radical (unpaired) electrons. The average Bonchev–Trinajstić information content (AvgIpc) is 2.26. The molecule has 0 saturated heterocycles. The van der Waals surface area contributed by atoms with Crippen molar-refractivity contribution in [1.82, 2.24) is 0 Å². The van der Waals surface area contributed by atoms with Gasteiger partial charge in [-0.3, -0.25) is 4.79 Å². The first kappa shape index (κ1) is 13.1. The highest BCUT2D eigenvalue weighted by Gasteiger charge is 2.17. The van der Waals surface area contributed by atoms with Crippen LogP contribution in [0.5, 0.6) is 0 Å². The van der Waals surface area contributed by atoms with E-state index in [4.69, 9.17) is 10.5 Å². The van der Waals surface area contributed by atoms with E-state index in [1.165, 1.54) is 0 Å². The van der Waals surface area contributed by atoms with Crippen LogP contribution in [0.4, 0.5) is 0 Å². The largest absolute Gasteiger partial charge is 0.455 e. The zero-order chi connectivity index (χ0) is 12.0. The summed E-state index contributed by atoms with van der Waals surface area (Å²) in [6, 6.07) is 9.19. The highest BCUT2D eigenvalue weighted by Crippen LogP contribution is 2.03. The van der Waals surface area contributed by atoms with Gasteiger partial charge in [-0.25, -0.2) is 4.79 Å². The van der Waals surface area contributed by atoms with E-state index >= 15 is 0 Å². The van der Waals surface area contributed by atoms with Gasteiger partial charge in [-0.1, -0.05) is 52.9 Å². The highest BCUT2D eigenvalue weighted by atomic mass is 127. The Morgan fingerprint density at radius 3 is 2.50 bits per heavy atom. The number of benzene rings is 1. The summed E-state index contributed by atoms with van der Waals surface area (Å²) in [5.74, 6) is -1.41. The molecule has 1 aromatic rings. The van der Waals surface area contributed by atoms with Gasteiger partial charge in [-0.2, -0.15) is 0 Å². The molecule has 0 unspecified atom stereocenters. The fraction of sp³-hybridized carbons (Fsp3) is 0.273. The second-order valence-corrected chi connectivity index (χ2v) is 4.80. The van der Waals surface area contributed by atoms with Gasteiger partial charge in [0.25, 0.3) is 0 Å². The number of esters is 1. The summed E-state index contributed by atoms with van der Waals surface area (Å²) < 4.78 is 4.49. The van der Waals surface area contributed by atoms with Crippen molar-refractivity contribution in [2.75, 3.05) is 0 Å². The SMILES string of the molecule is N[C@H](I)CC(=O)C(=O)OCc1ccccc1. The minimum absolute atomic E-state index is 0.00812. The molecule has 1 rings (SSSR count). The Morgan fingerprint density at radius 2 is 1.94 bits per heavy atom. The number of rotatable bonds is 5. The molecule has 0 aliphatic heterocycles. The topological polar surface area (TPSA) is 69.4 Å². The molecule has 0 aliphatic rings. The Morgan fingerprint density at radius 1 is 1.31 bits per heavy atom. The lowest BCUT2D eigenvalue weighted by Gasteiger charge is -2.04. The normalized spacial score (nSPS) is 11.9. The van der Waals surface area contributed by atoms with Crippen molar-refractivity contribution >= 4 is 34.3 Å². The summed E-state index contributed by atoms with van der Waals surface area (Å²) in [7, 11) is 0. The first-order valence-corrected chi connectivity index (χ1v) is 5.97. The van der Waals surface area contributed by atoms with Gasteiger partial charge in [-0.15, -0.1) is 0 Å². The Labute approximate surface area is 107 Å². The van der Waals surface area contributed by atoms with Crippen LogP contribution in [0.15, 0.2) is 30.3 Å². The molecule has 0 heterocycles. The third kappa shape index (κ3) is 4.71. The van der Waals surface area contributed by atoms with Gasteiger partial charge in [0.2, 0.25) is 5.78 Å². The highest BCUT2D eigenvalue weighted by molar-refractivity contribution is 14.1. The number of halogens is 1. The molecular weight excluding hydrogens is 321 g/mol. The molecule has 0 bridgehead atoms. The van der Waals surface area contributed by atoms with Crippen molar-refractivity contribution in [3.63, 3.8) is 0 Å². The van der Waals surface area contributed by atoms with Crippen LogP contribution < -0.4 is 5.73 Å². The molecule has 4 nitrogen and oxygen atoms in total. The molecule has 0 spiro atoms. The summed E-state index contributed by atoms with van der Waals surface area (Å²) in [5, 5.41) is 0. The number of hydrogen-bond donors (Lipinski definition) is 1. The van der Waals surface area contributed by atoms with E-state index in [2.05, 4.69) is 0 Å². The van der Waals surface area contributed by atoms with Crippen LogP contribution in [0.3, 0.4) is 0 Å². The Kier molecular flexibility index (Phi) is 5.41. The van der Waals surface area contributed by atoms with Crippen molar-refractivity contribution in [2.45, 2.75) is 17.1 Å². The predicted molar refractivity (Wildman–Crippen MR) is 67.9 cm³/mol. The monoisotopic (exact) mass is 333 g/mol. The summed E-state index contributed by atoms with van der Waals surface area (Å²) in [4.78, 5) is 22.4. The molecule has 2 N–H and O–H groups in total. The summed E-state index contributed by atoms with van der Waals surface area (Å²) in [6.45, 7) is 0.113. The molecule has 1 aromatic carbocycles. The number of ketones is 1. The number of Topliss-reactive ketones (excluding diaryl/α,β-unsaturated/α-hetero) is 1. The van der Waals surface area contributed by atoms with Crippen LogP contribution in [-0.4, -0.2) is 15.8 Å². The summed E-state index contributed by atoms with van der Waals surface area (Å²) >= 11 is 1.88. The second kappa shape index (κ2) is 6.59. The van der Waals surface area contributed by atoms with E-state index in [-0.39, 0.29) is 17.1 Å². The number of carbonyl (C=O) groups excluding carboxylic acids is 2. The Bertz CT molecular complexity index is 365. The fourth-order valence-corrected chi connectivity index (χ4v) is 1.46. The van der Waals surface area contributed by atoms with Gasteiger partial charge in [-0.05, 0) is 5.56 Å². The molecular formula is C11H12INO3. The van der Waals surface area contributed by atoms with E-state index in [9.17, 15) is 9.59 Å². The van der Waals surface area contributed by atoms with E-state index in [1.54, 1.807) is 0 Å². The number of nitrogens with two attached hydrogens (primary N) is 1. The van der Waals surface area contributed by atoms with Crippen LogP contribution >= 0.6 is 22.6 Å². The molecule has 0 amide bonds. The Hall–Kier alpha value is -0.950. The van der Waals surface area contributed by atoms with Crippen molar-refractivity contribution in [1.29, 1.82) is 0 Å². The van der Waals surface area contributed by atoms with Gasteiger partial charge in [0.1, 0.15) is 6.61 Å². The maximum Gasteiger partial charge on any atom is 0.375 e. The predicted octanol–water partition coefficient (Wildman–Crippen LogP) is 1.41. The molecule has 5 heteroatoms. The maximum atomic E-state index is 11.2. The molecule has 1 atom stereocenters. The van der Waals surface area contributed by atoms with Crippen molar-refractivity contribution in [3.8, 4) is 0 Å². The minimum Gasteiger partial charge on any atom is -0.455 e. The molecule has 0 aliphatic carbocycles. The summed E-state index contributed by atoms with van der Waals surface area (Å²) in [5.41, 5.74) is 6.25. The maximum absolute atomic E-state index is 11.2. The third-order valence-corrected chi connectivity index (χ3v) is 2.26. The third-order valence-electron chi connectivity index (χ3n) is 1.82. The van der Waals surface area contributed by atoms with Gasteiger partial charge in [0, 0.05) is 6.42 Å². The van der Waals surface area contributed by atoms with Crippen molar-refractivity contribution in [2.24, 2.45) is 5.73 Å². The van der Waals surface area contributed by atoms with E-state index in [0.717, 1.165) is 5.56 Å². The quantitative estimate of drug-likeness (QED) is 0.291. The first-order chi connectivity index (χ1) is 7.59.